The van der Waals surface area contributed by atoms with Crippen LogP contribution in [0.1, 0.15) is 85.6 Å². The average molecular weight is 1360 g/mol. The van der Waals surface area contributed by atoms with Gasteiger partial charge in [0.15, 0.2) is 0 Å². The molecule has 0 spiro atoms. The molecule has 1 aliphatic rings. The van der Waals surface area contributed by atoms with E-state index in [4.69, 9.17) is 29.7 Å². The number of hydrogen-bond acceptors (Lipinski definition) is 12. The van der Waals surface area contributed by atoms with E-state index in [1.54, 1.807) is 0 Å². The molecule has 1 saturated heterocycles. The molecule has 1 aliphatic heterocycles. The molecule has 1 fully saturated rings. The molecular weight excluding hydrogens is 1260 g/mol. The van der Waals surface area contributed by atoms with Crippen molar-refractivity contribution in [2.45, 2.75) is 66.2 Å². The molecule has 0 saturated carbocycles. The van der Waals surface area contributed by atoms with Gasteiger partial charge in [0.25, 0.3) is 0 Å². The van der Waals surface area contributed by atoms with Gasteiger partial charge in [0.1, 0.15) is 0 Å². The molecule has 0 radical (unpaired) electrons. The molecule has 2 N–H and O–H groups in total. The van der Waals surface area contributed by atoms with Gasteiger partial charge in [-0.3, -0.25) is 19.6 Å². The van der Waals surface area contributed by atoms with Gasteiger partial charge >= 0.3 is 11.9 Å². The first-order valence-electron chi connectivity index (χ1n) is 32.2. The van der Waals surface area contributed by atoms with Gasteiger partial charge < -0.3 is 29.2 Å². The SMILES string of the molecule is C(=C\c1ccc2ccccc2n1)/c1ccccc1.C(=C\c1ccc2ccccc2n1)/c1ccccc1.C1CCOC1.CCOCC.CO.CO.COC(C)=O.COC(C)=O.Cl.Cl.c1ccc(CCc2ccc3ccccc3n2)cc1.c1ccc(CCc2ccc3ccccc3n2)cc1. The Kier molecular flexibility index (Phi) is 45.9. The fraction of sp³-hybridized carbons (Fsp3) is 0.214. The largest absolute Gasteiger partial charge is 0.469 e. The zero-order chi connectivity index (χ0) is 69.1. The van der Waals surface area contributed by atoms with Crippen LogP contribution in [-0.2, 0) is 54.2 Å². The predicted octanol–water partition coefficient (Wildman–Crippen LogP) is 19.1. The molecule has 0 atom stereocenters. The minimum Gasteiger partial charge on any atom is -0.469 e. The fourth-order valence-electron chi connectivity index (χ4n) is 8.88. The third-order valence-electron chi connectivity index (χ3n) is 13.9. The van der Waals surface area contributed by atoms with E-state index in [9.17, 15) is 9.59 Å². The summed E-state index contributed by atoms with van der Waals surface area (Å²) >= 11 is 0. The molecule has 98 heavy (non-hydrogen) atoms. The molecule has 8 aromatic carbocycles. The molecule has 14 heteroatoms. The van der Waals surface area contributed by atoms with Crippen molar-refractivity contribution in [2.75, 3.05) is 54.9 Å². The van der Waals surface area contributed by atoms with Crippen LogP contribution < -0.4 is 0 Å². The second-order valence-electron chi connectivity index (χ2n) is 20.8. The maximum absolute atomic E-state index is 9.59. The number of carbonyl (C=O) groups is 2. The second-order valence-corrected chi connectivity index (χ2v) is 20.8. The van der Waals surface area contributed by atoms with E-state index in [1.165, 1.54) is 84.7 Å². The minimum atomic E-state index is -0.245. The van der Waals surface area contributed by atoms with E-state index in [0.29, 0.717) is 0 Å². The first kappa shape index (κ1) is 84.3. The maximum Gasteiger partial charge on any atom is 0.302 e. The average Bonchev–Trinajstić information content (AvgIpc) is 0.956. The van der Waals surface area contributed by atoms with Crippen molar-refractivity contribution >= 4 is 105 Å². The van der Waals surface area contributed by atoms with Gasteiger partial charge in [-0.15, -0.1) is 24.8 Å². The number of ether oxygens (including phenoxy) is 4. The lowest BCUT2D eigenvalue weighted by Crippen LogP contribution is -1.94. The molecule has 12 aromatic rings. The van der Waals surface area contributed by atoms with Crippen LogP contribution in [-0.4, -0.2) is 97.0 Å². The number of hydrogen-bond donors (Lipinski definition) is 2. The van der Waals surface area contributed by atoms with Gasteiger partial charge in [0.05, 0.1) is 47.7 Å². The number of aliphatic hydroxyl groups is 2. The number of aryl methyl sites for hydroxylation is 4. The van der Waals surface area contributed by atoms with Crippen molar-refractivity contribution in [3.8, 4) is 0 Å². The highest BCUT2D eigenvalue weighted by Crippen LogP contribution is 2.18. The summed E-state index contributed by atoms with van der Waals surface area (Å²) in [7, 11) is 4.70. The van der Waals surface area contributed by atoms with Crippen LogP contribution in [0.4, 0.5) is 0 Å². The van der Waals surface area contributed by atoms with Crippen molar-refractivity contribution in [3.05, 3.63) is 312 Å². The number of aliphatic hydroxyl groups excluding tert-OH is 2. The quantitative estimate of drug-likeness (QED) is 0.112. The summed E-state index contributed by atoms with van der Waals surface area (Å²) in [6.45, 7) is 10.4. The van der Waals surface area contributed by atoms with E-state index in [1.807, 2.05) is 135 Å². The highest BCUT2D eigenvalue weighted by molar-refractivity contribution is 5.86. The van der Waals surface area contributed by atoms with Crippen LogP contribution in [0.5, 0.6) is 0 Å². The van der Waals surface area contributed by atoms with Gasteiger partial charge in [-0.05, 0) is 135 Å². The third-order valence-corrected chi connectivity index (χ3v) is 13.9. The zero-order valence-corrected chi connectivity index (χ0v) is 59.4. The Labute approximate surface area is 593 Å². The first-order chi connectivity index (χ1) is 47.1. The number of carbonyl (C=O) groups excluding carboxylic acids is 2. The lowest BCUT2D eigenvalue weighted by molar-refractivity contribution is -0.138. The molecular formula is C84H96Cl2N4O8. The van der Waals surface area contributed by atoms with Gasteiger partial charge in [0.2, 0.25) is 0 Å². The first-order valence-corrected chi connectivity index (χ1v) is 32.2. The summed E-state index contributed by atoms with van der Waals surface area (Å²) in [5.41, 5.74) is 13.6. The van der Waals surface area contributed by atoms with Crippen molar-refractivity contribution in [3.63, 3.8) is 0 Å². The van der Waals surface area contributed by atoms with Gasteiger partial charge in [-0.2, -0.15) is 0 Å². The fourth-order valence-corrected chi connectivity index (χ4v) is 8.88. The highest BCUT2D eigenvalue weighted by atomic mass is 35.5. The van der Waals surface area contributed by atoms with Crippen LogP contribution >= 0.6 is 24.8 Å². The van der Waals surface area contributed by atoms with Crippen molar-refractivity contribution in [2.24, 2.45) is 0 Å². The molecule has 514 valence electrons. The van der Waals surface area contributed by atoms with Crippen LogP contribution in [0.15, 0.2) is 267 Å². The number of benzene rings is 8. The van der Waals surface area contributed by atoms with Crippen LogP contribution in [0.25, 0.3) is 67.9 Å². The van der Waals surface area contributed by atoms with Gasteiger partial charge in [-0.1, -0.05) is 231 Å². The monoisotopic (exact) mass is 1360 g/mol. The zero-order valence-electron chi connectivity index (χ0n) is 57.7. The van der Waals surface area contributed by atoms with Crippen LogP contribution in [0, 0.1) is 0 Å². The van der Waals surface area contributed by atoms with Crippen LogP contribution in [0.3, 0.4) is 0 Å². The molecule has 12 nitrogen and oxygen atoms in total. The Morgan fingerprint density at radius 2 is 0.643 bits per heavy atom. The lowest BCUT2D eigenvalue weighted by atomic mass is 10.1. The predicted molar refractivity (Wildman–Crippen MR) is 414 cm³/mol. The molecule has 4 aromatic heterocycles. The molecule has 0 amide bonds. The highest BCUT2D eigenvalue weighted by Gasteiger charge is 2.02. The Morgan fingerprint density at radius 3 is 0.918 bits per heavy atom. The molecule has 0 bridgehead atoms. The normalized spacial score (nSPS) is 10.5. The summed E-state index contributed by atoms with van der Waals surface area (Å²) in [4.78, 5) is 37.8. The smallest absolute Gasteiger partial charge is 0.302 e. The van der Waals surface area contributed by atoms with E-state index >= 15 is 0 Å². The van der Waals surface area contributed by atoms with E-state index in [-0.39, 0.29) is 36.8 Å². The summed E-state index contributed by atoms with van der Waals surface area (Å²) in [5.74, 6) is -0.491. The molecule has 0 aliphatic carbocycles. The Morgan fingerprint density at radius 1 is 0.367 bits per heavy atom. The van der Waals surface area contributed by atoms with Gasteiger partial charge in [0, 0.05) is 87.4 Å². The summed E-state index contributed by atoms with van der Waals surface area (Å²) in [5, 5.41) is 18.8. The summed E-state index contributed by atoms with van der Waals surface area (Å²) in [6, 6.07) is 91.3. The van der Waals surface area contributed by atoms with E-state index in [0.717, 1.165) is 111 Å². The van der Waals surface area contributed by atoms with E-state index < -0.39 is 0 Å². The number of halogens is 2. The summed E-state index contributed by atoms with van der Waals surface area (Å²) < 4.78 is 18.0. The maximum atomic E-state index is 9.59. The Bertz CT molecular complexity index is 3820. The second kappa shape index (κ2) is 53.4. The number of para-hydroxylation sites is 4. The van der Waals surface area contributed by atoms with Crippen LogP contribution in [0.2, 0.25) is 0 Å². The number of aromatic nitrogens is 4. The Balaban J connectivity index is 0.000000397. The number of nitrogens with zero attached hydrogens (tertiary/aromatic N) is 4. The summed E-state index contributed by atoms with van der Waals surface area (Å²) in [6.07, 6.45) is 14.9. The number of rotatable bonds is 12. The Hall–Kier alpha value is -9.76. The topological polar surface area (TPSA) is 163 Å². The van der Waals surface area contributed by atoms with Crippen molar-refractivity contribution in [1.82, 2.24) is 19.9 Å². The van der Waals surface area contributed by atoms with Crippen molar-refractivity contribution in [1.29, 1.82) is 0 Å². The minimum absolute atomic E-state index is 0. The lowest BCUT2D eigenvalue weighted by Gasteiger charge is -2.03. The number of methoxy groups -OCH3 is 2. The number of fused-ring (bicyclic) bond motifs is 4. The molecule has 0 unspecified atom stereocenters. The van der Waals surface area contributed by atoms with E-state index in [2.05, 4.69) is 189 Å². The molecule has 5 heterocycles. The third kappa shape index (κ3) is 35.3. The standard InChI is InChI=1S/2C17H15N.2C17H13N.C4H8O.C4H10O.2C3H6O2.2CH4O.2ClH/c4*1-2-6-14(7-3-1)10-12-16-13-11-15-8-4-5-9-17(15)18-16;1-2-4-5-3-1;1-3-5-4-2;2*1-3(4)5-2;2*1-2;;/h2*1-9,11,13H,10,12H2;2*1-13H;1-4H2;3-4H2,1-2H3;2*1-2H3;2*2H,1H3;2*1H/b;;2*12-10+;;;;;;;;. The van der Waals surface area contributed by atoms with Gasteiger partial charge in [-0.25, -0.2) is 9.97 Å². The number of pyridine rings is 4. The molecule has 13 rings (SSSR count). The van der Waals surface area contributed by atoms with Crippen molar-refractivity contribution < 1.29 is 38.7 Å². The number of esters is 2.